The monoisotopic (exact) mass is 287 g/mol. The molecule has 2 aromatic carbocycles. The van der Waals surface area contributed by atoms with Crippen molar-refractivity contribution in [1.82, 2.24) is 4.98 Å². The number of aliphatic hydroxyl groups excluding tert-OH is 1. The fourth-order valence-corrected chi connectivity index (χ4v) is 2.43. The van der Waals surface area contributed by atoms with Gasteiger partial charge in [-0.3, -0.25) is 0 Å². The highest BCUT2D eigenvalue weighted by atomic mass is 35.5. The Hall–Kier alpha value is -1.84. The smallest absolute Gasteiger partial charge is 0.198 e. The lowest BCUT2D eigenvalue weighted by molar-refractivity contribution is 0.168. The second-order valence-corrected chi connectivity index (χ2v) is 5.23. The fraction of sp³-hybridized carbons (Fsp3) is 0.188. The molecule has 0 saturated heterocycles. The van der Waals surface area contributed by atoms with E-state index in [2.05, 4.69) is 4.98 Å². The second-order valence-electron chi connectivity index (χ2n) is 4.80. The number of fused-ring (bicyclic) bond motifs is 1. The second kappa shape index (κ2) is 5.27. The predicted molar refractivity (Wildman–Crippen MR) is 78.9 cm³/mol. The highest BCUT2D eigenvalue weighted by Gasteiger charge is 2.15. The Balaban J connectivity index is 1.88. The van der Waals surface area contributed by atoms with Crippen LogP contribution in [0.3, 0.4) is 0 Å². The van der Waals surface area contributed by atoms with Gasteiger partial charge in [0.2, 0.25) is 0 Å². The van der Waals surface area contributed by atoms with Gasteiger partial charge in [0.15, 0.2) is 11.5 Å². The van der Waals surface area contributed by atoms with Crippen molar-refractivity contribution >= 4 is 22.7 Å². The number of halogens is 1. The van der Waals surface area contributed by atoms with Crippen LogP contribution in [0, 0.1) is 6.92 Å². The maximum absolute atomic E-state index is 10.3. The molecule has 0 radical (unpaired) electrons. The maximum atomic E-state index is 10.3. The van der Waals surface area contributed by atoms with E-state index < -0.39 is 6.10 Å². The van der Waals surface area contributed by atoms with E-state index in [9.17, 15) is 5.11 Å². The summed E-state index contributed by atoms with van der Waals surface area (Å²) in [6, 6.07) is 13.0. The summed E-state index contributed by atoms with van der Waals surface area (Å²) in [4.78, 5) is 4.37. The van der Waals surface area contributed by atoms with Gasteiger partial charge in [-0.05, 0) is 42.3 Å². The number of para-hydroxylation sites is 2. The molecule has 4 heteroatoms. The van der Waals surface area contributed by atoms with Crippen molar-refractivity contribution in [3.8, 4) is 0 Å². The number of aromatic nitrogens is 1. The number of aryl methyl sites for hydroxylation is 1. The van der Waals surface area contributed by atoms with Gasteiger partial charge in [-0.1, -0.05) is 29.8 Å². The quantitative estimate of drug-likeness (QED) is 0.790. The number of benzene rings is 2. The first kappa shape index (κ1) is 13.2. The molecule has 1 heterocycles. The summed E-state index contributed by atoms with van der Waals surface area (Å²) in [6.45, 7) is 1.95. The zero-order valence-corrected chi connectivity index (χ0v) is 11.8. The molecule has 0 aliphatic rings. The van der Waals surface area contributed by atoms with Gasteiger partial charge in [0.25, 0.3) is 0 Å². The summed E-state index contributed by atoms with van der Waals surface area (Å²) in [5, 5.41) is 11.0. The number of oxazole rings is 1. The van der Waals surface area contributed by atoms with Crippen LogP contribution in [0.25, 0.3) is 11.1 Å². The highest BCUT2D eigenvalue weighted by Crippen LogP contribution is 2.25. The Morgan fingerprint density at radius 1 is 1.25 bits per heavy atom. The Bertz CT molecular complexity index is 718. The lowest BCUT2D eigenvalue weighted by Crippen LogP contribution is -2.04. The van der Waals surface area contributed by atoms with Crippen molar-refractivity contribution in [1.29, 1.82) is 0 Å². The van der Waals surface area contributed by atoms with Crippen LogP contribution in [-0.2, 0) is 6.42 Å². The van der Waals surface area contributed by atoms with Crippen LogP contribution >= 0.6 is 11.6 Å². The zero-order valence-electron chi connectivity index (χ0n) is 11.0. The first-order valence-electron chi connectivity index (χ1n) is 6.42. The molecule has 1 unspecified atom stereocenters. The van der Waals surface area contributed by atoms with E-state index in [1.54, 1.807) is 6.07 Å². The Labute approximate surface area is 121 Å². The Morgan fingerprint density at radius 2 is 2.05 bits per heavy atom. The van der Waals surface area contributed by atoms with Crippen LogP contribution in [-0.4, -0.2) is 10.1 Å². The van der Waals surface area contributed by atoms with Crippen molar-refractivity contribution in [2.45, 2.75) is 19.4 Å². The van der Waals surface area contributed by atoms with Crippen LogP contribution in [0.4, 0.5) is 0 Å². The van der Waals surface area contributed by atoms with Gasteiger partial charge in [0.1, 0.15) is 5.52 Å². The summed E-state index contributed by atoms with van der Waals surface area (Å²) in [5.41, 5.74) is 3.34. The van der Waals surface area contributed by atoms with E-state index in [-0.39, 0.29) is 0 Å². The minimum absolute atomic E-state index is 0.329. The third-order valence-electron chi connectivity index (χ3n) is 3.31. The van der Waals surface area contributed by atoms with Crippen molar-refractivity contribution in [3.05, 3.63) is 64.5 Å². The van der Waals surface area contributed by atoms with Gasteiger partial charge in [-0.2, -0.15) is 0 Å². The summed E-state index contributed by atoms with van der Waals surface area (Å²) in [7, 11) is 0. The predicted octanol–water partition coefficient (Wildman–Crippen LogP) is 4.07. The summed E-state index contributed by atoms with van der Waals surface area (Å²) in [6.07, 6.45) is -0.350. The number of nitrogens with zero attached hydrogens (tertiary/aromatic N) is 1. The van der Waals surface area contributed by atoms with Crippen LogP contribution in [0.1, 0.15) is 23.1 Å². The molecule has 3 nitrogen and oxygen atoms in total. The Morgan fingerprint density at radius 3 is 2.85 bits per heavy atom. The van der Waals surface area contributed by atoms with Gasteiger partial charge in [-0.25, -0.2) is 4.98 Å². The van der Waals surface area contributed by atoms with Crippen molar-refractivity contribution in [2.24, 2.45) is 0 Å². The van der Waals surface area contributed by atoms with Gasteiger partial charge in [0, 0.05) is 5.02 Å². The minimum Gasteiger partial charge on any atom is -0.441 e. The largest absolute Gasteiger partial charge is 0.441 e. The molecule has 1 atom stereocenters. The normalized spacial score (nSPS) is 12.8. The SMILES string of the molecule is Cc1ccc(Cl)cc1C(O)Cc1nc2ccccc2o1. The highest BCUT2D eigenvalue weighted by molar-refractivity contribution is 6.30. The molecule has 0 spiro atoms. The van der Waals surface area contributed by atoms with E-state index in [1.165, 1.54) is 0 Å². The topological polar surface area (TPSA) is 46.3 Å². The Kier molecular flexibility index (Phi) is 3.47. The molecule has 1 aromatic heterocycles. The zero-order chi connectivity index (χ0) is 14.1. The minimum atomic E-state index is -0.679. The third kappa shape index (κ3) is 2.55. The molecular formula is C16H14ClNO2. The molecule has 0 aliphatic carbocycles. The average molecular weight is 288 g/mol. The molecular weight excluding hydrogens is 274 g/mol. The van der Waals surface area contributed by atoms with Gasteiger partial charge in [-0.15, -0.1) is 0 Å². The molecule has 3 aromatic rings. The van der Waals surface area contributed by atoms with Gasteiger partial charge >= 0.3 is 0 Å². The number of hydrogen-bond donors (Lipinski definition) is 1. The van der Waals surface area contributed by atoms with Crippen molar-refractivity contribution in [2.75, 3.05) is 0 Å². The first-order chi connectivity index (χ1) is 9.63. The van der Waals surface area contributed by atoms with Gasteiger partial charge < -0.3 is 9.52 Å². The molecule has 0 aliphatic heterocycles. The van der Waals surface area contributed by atoms with E-state index >= 15 is 0 Å². The van der Waals surface area contributed by atoms with Crippen LogP contribution in [0.15, 0.2) is 46.9 Å². The standard InChI is InChI=1S/C16H14ClNO2/c1-10-6-7-11(17)8-12(10)14(19)9-16-18-13-4-2-3-5-15(13)20-16/h2-8,14,19H,9H2,1H3. The van der Waals surface area contributed by atoms with Gasteiger partial charge in [0.05, 0.1) is 12.5 Å². The number of hydrogen-bond acceptors (Lipinski definition) is 3. The van der Waals surface area contributed by atoms with Crippen LogP contribution < -0.4 is 0 Å². The molecule has 102 valence electrons. The van der Waals surface area contributed by atoms with Crippen LogP contribution in [0.5, 0.6) is 0 Å². The summed E-state index contributed by atoms with van der Waals surface area (Å²) < 4.78 is 5.63. The first-order valence-corrected chi connectivity index (χ1v) is 6.80. The summed E-state index contributed by atoms with van der Waals surface area (Å²) in [5.74, 6) is 0.526. The molecule has 0 fully saturated rings. The maximum Gasteiger partial charge on any atom is 0.198 e. The molecule has 0 saturated carbocycles. The molecule has 20 heavy (non-hydrogen) atoms. The fourth-order valence-electron chi connectivity index (χ4n) is 2.25. The van der Waals surface area contributed by atoms with E-state index in [1.807, 2.05) is 43.3 Å². The average Bonchev–Trinajstić information content (AvgIpc) is 2.83. The van der Waals surface area contributed by atoms with Crippen molar-refractivity contribution < 1.29 is 9.52 Å². The molecule has 0 bridgehead atoms. The third-order valence-corrected chi connectivity index (χ3v) is 3.54. The van der Waals surface area contributed by atoms with E-state index in [4.69, 9.17) is 16.0 Å². The van der Waals surface area contributed by atoms with E-state index in [0.717, 1.165) is 22.2 Å². The lowest BCUT2D eigenvalue weighted by atomic mass is 10.0. The summed E-state index contributed by atoms with van der Waals surface area (Å²) >= 11 is 5.98. The molecule has 0 amide bonds. The van der Waals surface area contributed by atoms with Crippen molar-refractivity contribution in [3.63, 3.8) is 0 Å². The molecule has 1 N–H and O–H groups in total. The van der Waals surface area contributed by atoms with E-state index in [0.29, 0.717) is 17.3 Å². The number of aliphatic hydroxyl groups is 1. The number of rotatable bonds is 3. The molecule has 3 rings (SSSR count). The lowest BCUT2D eigenvalue weighted by Gasteiger charge is -2.12. The van der Waals surface area contributed by atoms with Crippen LogP contribution in [0.2, 0.25) is 5.02 Å².